The third kappa shape index (κ3) is 7.52. The summed E-state index contributed by atoms with van der Waals surface area (Å²) in [6.45, 7) is 19.9. The first-order valence-electron chi connectivity index (χ1n) is 6.97. The fourth-order valence-electron chi connectivity index (χ4n) is 1.62. The Morgan fingerprint density at radius 2 is 1.75 bits per heavy atom. The summed E-state index contributed by atoms with van der Waals surface area (Å²) in [6, 6.07) is 0. The smallest absolute Gasteiger partial charge is 0.0346 e. The van der Waals surface area contributed by atoms with Gasteiger partial charge in [-0.2, -0.15) is 0 Å². The van der Waals surface area contributed by atoms with E-state index in [1.54, 1.807) is 0 Å². The number of aliphatic imine (C=N–C) groups is 1. The van der Waals surface area contributed by atoms with Gasteiger partial charge in [-0.3, -0.25) is 4.99 Å². The van der Waals surface area contributed by atoms with E-state index in [1.165, 1.54) is 11.1 Å². The minimum absolute atomic E-state index is 0.859. The SMILES string of the molecule is C=CC(=C/C=C(\C)CC(=C)C)/C(C=NC(=C)CC)=C/C. The van der Waals surface area contributed by atoms with E-state index in [1.807, 2.05) is 39.1 Å². The van der Waals surface area contributed by atoms with Crippen molar-refractivity contribution in [1.29, 1.82) is 0 Å². The van der Waals surface area contributed by atoms with Crippen LogP contribution in [0, 0.1) is 0 Å². The molecule has 0 aliphatic carbocycles. The molecule has 0 radical (unpaired) electrons. The Morgan fingerprint density at radius 3 is 2.20 bits per heavy atom. The van der Waals surface area contributed by atoms with Gasteiger partial charge in [-0.1, -0.05) is 62.1 Å². The predicted octanol–water partition coefficient (Wildman–Crippen LogP) is 5.95. The van der Waals surface area contributed by atoms with Crippen LogP contribution in [0.2, 0.25) is 0 Å². The van der Waals surface area contributed by atoms with Gasteiger partial charge in [-0.05, 0) is 44.8 Å². The Balaban J connectivity index is 5.13. The molecule has 0 N–H and O–H groups in total. The van der Waals surface area contributed by atoms with Crippen LogP contribution >= 0.6 is 0 Å². The van der Waals surface area contributed by atoms with Gasteiger partial charge in [0.1, 0.15) is 0 Å². The fourth-order valence-corrected chi connectivity index (χ4v) is 1.62. The zero-order valence-electron chi connectivity index (χ0n) is 13.4. The molecular formula is C19H27N. The van der Waals surface area contributed by atoms with Crippen LogP contribution in [0.3, 0.4) is 0 Å². The van der Waals surface area contributed by atoms with Gasteiger partial charge in [-0.25, -0.2) is 0 Å². The zero-order chi connectivity index (χ0) is 15.5. The third-order valence-electron chi connectivity index (χ3n) is 2.79. The van der Waals surface area contributed by atoms with Gasteiger partial charge in [0.15, 0.2) is 0 Å². The van der Waals surface area contributed by atoms with Crippen molar-refractivity contribution < 1.29 is 0 Å². The highest BCUT2D eigenvalue weighted by atomic mass is 14.7. The van der Waals surface area contributed by atoms with Crippen LogP contribution < -0.4 is 0 Å². The summed E-state index contributed by atoms with van der Waals surface area (Å²) in [5.74, 6) is 0. The molecule has 0 amide bonds. The van der Waals surface area contributed by atoms with Crippen molar-refractivity contribution in [3.8, 4) is 0 Å². The summed E-state index contributed by atoms with van der Waals surface area (Å²) < 4.78 is 0. The molecule has 0 saturated heterocycles. The first-order valence-corrected chi connectivity index (χ1v) is 6.97. The average molecular weight is 269 g/mol. The molecule has 0 spiro atoms. The molecule has 1 heteroatoms. The second-order valence-corrected chi connectivity index (χ2v) is 4.90. The van der Waals surface area contributed by atoms with Gasteiger partial charge in [0.25, 0.3) is 0 Å². The molecule has 108 valence electrons. The maximum Gasteiger partial charge on any atom is 0.0346 e. The van der Waals surface area contributed by atoms with Gasteiger partial charge in [0.05, 0.1) is 0 Å². The van der Waals surface area contributed by atoms with Crippen LogP contribution in [0.1, 0.15) is 40.5 Å². The monoisotopic (exact) mass is 269 g/mol. The standard InChI is InChI=1S/C19H27N/c1-8-17(7)20-14-19(10-3)18(9-2)12-11-16(6)13-15(4)5/h9-12,14H,2,4,7-8,13H2,1,3,5-6H3/b16-11+,18-12-,19-10+,20-14?. The number of hydrogen-bond acceptors (Lipinski definition) is 1. The maximum atomic E-state index is 4.35. The molecule has 0 saturated carbocycles. The second kappa shape index (κ2) is 9.96. The lowest BCUT2D eigenvalue weighted by Crippen LogP contribution is -1.89. The molecule has 0 aromatic heterocycles. The largest absolute Gasteiger partial charge is 0.261 e. The van der Waals surface area contributed by atoms with Gasteiger partial charge in [0.2, 0.25) is 0 Å². The van der Waals surface area contributed by atoms with Gasteiger partial charge >= 0.3 is 0 Å². The van der Waals surface area contributed by atoms with Crippen molar-refractivity contribution in [3.05, 3.63) is 72.0 Å². The predicted molar refractivity (Wildman–Crippen MR) is 93.1 cm³/mol. The summed E-state index contributed by atoms with van der Waals surface area (Å²) in [6.07, 6.45) is 11.7. The van der Waals surface area contributed by atoms with Crippen molar-refractivity contribution in [2.75, 3.05) is 0 Å². The molecule has 0 aliphatic rings. The summed E-state index contributed by atoms with van der Waals surface area (Å²) in [4.78, 5) is 4.35. The molecule has 20 heavy (non-hydrogen) atoms. The lowest BCUT2D eigenvalue weighted by Gasteiger charge is -2.03. The van der Waals surface area contributed by atoms with E-state index >= 15 is 0 Å². The van der Waals surface area contributed by atoms with Crippen LogP contribution in [0.25, 0.3) is 0 Å². The molecule has 0 rings (SSSR count). The summed E-state index contributed by atoms with van der Waals surface area (Å²) in [5.41, 5.74) is 5.43. The first kappa shape index (κ1) is 18.1. The van der Waals surface area contributed by atoms with Gasteiger partial charge in [-0.15, -0.1) is 0 Å². The molecule has 1 nitrogen and oxygen atoms in total. The van der Waals surface area contributed by atoms with Crippen LogP contribution in [0.4, 0.5) is 0 Å². The normalized spacial score (nSPS) is 13.7. The van der Waals surface area contributed by atoms with Crippen molar-refractivity contribution >= 4 is 6.21 Å². The quantitative estimate of drug-likeness (QED) is 0.293. The lowest BCUT2D eigenvalue weighted by molar-refractivity contribution is 1.08. The zero-order valence-corrected chi connectivity index (χ0v) is 13.4. The molecule has 0 aromatic carbocycles. The minimum atomic E-state index is 0.859. The molecule has 0 unspecified atom stereocenters. The van der Waals surface area contributed by atoms with E-state index in [4.69, 9.17) is 0 Å². The number of allylic oxidation sites excluding steroid dienone is 9. The van der Waals surface area contributed by atoms with E-state index in [9.17, 15) is 0 Å². The van der Waals surface area contributed by atoms with E-state index in [0.717, 1.165) is 29.7 Å². The molecule has 0 aliphatic heterocycles. The minimum Gasteiger partial charge on any atom is -0.261 e. The van der Waals surface area contributed by atoms with E-state index < -0.39 is 0 Å². The Kier molecular flexibility index (Phi) is 9.02. The Labute approximate surface area is 124 Å². The summed E-state index contributed by atoms with van der Waals surface area (Å²) in [7, 11) is 0. The first-order chi connectivity index (χ1) is 9.44. The van der Waals surface area contributed by atoms with Crippen LogP contribution in [-0.4, -0.2) is 6.21 Å². The molecule has 0 heterocycles. The highest BCUT2D eigenvalue weighted by molar-refractivity contribution is 5.86. The molecule has 0 aromatic rings. The topological polar surface area (TPSA) is 12.4 Å². The van der Waals surface area contributed by atoms with E-state index in [-0.39, 0.29) is 0 Å². The highest BCUT2D eigenvalue weighted by Crippen LogP contribution is 2.13. The van der Waals surface area contributed by atoms with Gasteiger partial charge < -0.3 is 0 Å². The maximum absolute atomic E-state index is 4.35. The average Bonchev–Trinajstić information content (AvgIpc) is 2.41. The van der Waals surface area contributed by atoms with Crippen LogP contribution in [0.5, 0.6) is 0 Å². The van der Waals surface area contributed by atoms with E-state index in [0.29, 0.717) is 0 Å². The number of rotatable bonds is 8. The Hall–Kier alpha value is -1.89. The van der Waals surface area contributed by atoms with Crippen molar-refractivity contribution in [2.24, 2.45) is 4.99 Å². The fraction of sp³-hybridized carbons (Fsp3) is 0.316. The number of nitrogens with zero attached hydrogens (tertiary/aromatic N) is 1. The Morgan fingerprint density at radius 1 is 1.10 bits per heavy atom. The summed E-state index contributed by atoms with van der Waals surface area (Å²) >= 11 is 0. The molecule has 0 bridgehead atoms. The molecule has 0 atom stereocenters. The highest BCUT2D eigenvalue weighted by Gasteiger charge is 1.97. The van der Waals surface area contributed by atoms with Crippen LogP contribution in [0.15, 0.2) is 77.0 Å². The molecule has 0 fully saturated rings. The lowest BCUT2D eigenvalue weighted by atomic mass is 10.0. The van der Waals surface area contributed by atoms with Crippen LogP contribution in [-0.2, 0) is 0 Å². The summed E-state index contributed by atoms with van der Waals surface area (Å²) in [5, 5.41) is 0. The van der Waals surface area contributed by atoms with Crippen molar-refractivity contribution in [2.45, 2.75) is 40.5 Å². The van der Waals surface area contributed by atoms with Crippen molar-refractivity contribution in [1.82, 2.24) is 0 Å². The second-order valence-electron chi connectivity index (χ2n) is 4.90. The van der Waals surface area contributed by atoms with Crippen molar-refractivity contribution in [3.63, 3.8) is 0 Å². The Bertz CT molecular complexity index is 482. The van der Waals surface area contributed by atoms with E-state index in [2.05, 4.69) is 43.8 Å². The number of hydrogen-bond donors (Lipinski definition) is 0. The third-order valence-corrected chi connectivity index (χ3v) is 2.79. The molecular weight excluding hydrogens is 242 g/mol. The van der Waals surface area contributed by atoms with Gasteiger partial charge in [0, 0.05) is 11.9 Å².